The topological polar surface area (TPSA) is 68.8 Å². The van der Waals surface area contributed by atoms with Crippen molar-refractivity contribution in [1.29, 1.82) is 0 Å². The predicted molar refractivity (Wildman–Crippen MR) is 163 cm³/mol. The molecule has 3 rings (SSSR count). The van der Waals surface area contributed by atoms with Crippen LogP contribution in [0.25, 0.3) is 16.5 Å². The second-order valence-corrected chi connectivity index (χ2v) is 12.3. The third-order valence-electron chi connectivity index (χ3n) is 7.28. The van der Waals surface area contributed by atoms with Crippen LogP contribution in [-0.2, 0) is 14.0 Å². The summed E-state index contributed by atoms with van der Waals surface area (Å²) in [5.74, 6) is 0. The summed E-state index contributed by atoms with van der Waals surface area (Å²) < 4.78 is 17.8. The molecule has 212 valence electrons. The summed E-state index contributed by atoms with van der Waals surface area (Å²) in [6.07, 6.45) is 7.71. The van der Waals surface area contributed by atoms with Gasteiger partial charge in [0.1, 0.15) is 5.60 Å². The molecule has 0 spiro atoms. The van der Waals surface area contributed by atoms with Crippen molar-refractivity contribution in [3.63, 3.8) is 0 Å². The molecule has 39 heavy (non-hydrogen) atoms. The lowest BCUT2D eigenvalue weighted by atomic mass is 9.78. The minimum atomic E-state index is -0.480. The highest BCUT2D eigenvalue weighted by molar-refractivity contribution is 6.62. The van der Waals surface area contributed by atoms with Gasteiger partial charge >= 0.3 is 13.2 Å². The van der Waals surface area contributed by atoms with Crippen LogP contribution in [0.5, 0.6) is 0 Å². The first kappa shape index (κ1) is 30.8. The predicted octanol–water partition coefficient (Wildman–Crippen LogP) is 7.08. The Morgan fingerprint density at radius 3 is 2.26 bits per heavy atom. The number of fused-ring (bicyclic) bond motifs is 1. The normalized spacial score (nSPS) is 17.4. The number of benzene rings is 2. The zero-order valence-corrected chi connectivity index (χ0v) is 25.4. The molecule has 0 aliphatic carbocycles. The number of allylic oxidation sites excluding steroid dienone is 3. The lowest BCUT2D eigenvalue weighted by molar-refractivity contribution is 0.00578. The second-order valence-electron chi connectivity index (χ2n) is 12.3. The summed E-state index contributed by atoms with van der Waals surface area (Å²) in [4.78, 5) is 11.9. The molecule has 0 unspecified atom stereocenters. The number of carbonyl (C=O) groups excluding carboxylic acids is 1. The smallest absolute Gasteiger partial charge is 0.444 e. The zero-order valence-electron chi connectivity index (χ0n) is 25.4. The van der Waals surface area contributed by atoms with Crippen LogP contribution in [0.15, 0.2) is 54.2 Å². The Kier molecular flexibility index (Phi) is 9.95. The van der Waals surface area contributed by atoms with Crippen LogP contribution >= 0.6 is 0 Å². The lowest BCUT2D eigenvalue weighted by Gasteiger charge is -2.32. The number of hydrogen-bond donors (Lipinski definition) is 2. The highest BCUT2D eigenvalue weighted by atomic mass is 16.7. The van der Waals surface area contributed by atoms with Crippen molar-refractivity contribution < 1.29 is 18.8 Å². The number of nitrogens with one attached hydrogen (secondary N) is 2. The van der Waals surface area contributed by atoms with Gasteiger partial charge in [-0.3, -0.25) is 0 Å². The summed E-state index contributed by atoms with van der Waals surface area (Å²) in [5.41, 5.74) is 3.25. The maximum Gasteiger partial charge on any atom is 0.494 e. The fraction of sp³-hybridized carbons (Fsp3) is 0.531. The fourth-order valence-corrected chi connectivity index (χ4v) is 4.45. The molecule has 1 amide bonds. The second kappa shape index (κ2) is 12.6. The maximum absolute atomic E-state index is 11.9. The highest BCUT2D eigenvalue weighted by Gasteiger charge is 2.51. The Morgan fingerprint density at radius 1 is 1.00 bits per heavy atom. The zero-order chi connectivity index (χ0) is 28.8. The van der Waals surface area contributed by atoms with Gasteiger partial charge in [-0.15, -0.1) is 0 Å². The van der Waals surface area contributed by atoms with Crippen LogP contribution < -0.4 is 16.1 Å². The molecule has 2 aromatic rings. The van der Waals surface area contributed by atoms with Gasteiger partial charge in [-0.05, 0) is 109 Å². The number of alkyl carbamates (subject to hydrolysis) is 1. The molecule has 1 heterocycles. The van der Waals surface area contributed by atoms with E-state index in [0.29, 0.717) is 6.54 Å². The summed E-state index contributed by atoms with van der Waals surface area (Å²) in [5, 5.41) is 8.83. The van der Waals surface area contributed by atoms with Gasteiger partial charge in [0.2, 0.25) is 0 Å². The highest BCUT2D eigenvalue weighted by Crippen LogP contribution is 2.36. The van der Waals surface area contributed by atoms with E-state index in [1.54, 1.807) is 0 Å². The molecule has 0 aromatic heterocycles. The van der Waals surface area contributed by atoms with Crippen LogP contribution in [0.2, 0.25) is 0 Å². The number of amides is 1. The standard InChI is InChI=1S/C32H47BN2O4/c1-10-14-27(15-12-13-20-34-29(36)37-30(3,4)5)35-28(11-2)25-17-16-24-22-26(19-18-23(24)21-25)33-38-31(6,7)32(8,9)39-33/h11,14,16-19,21-22,35H,10,12-13,15,20H2,1-9H3,(H,34,36)/b27-14+,28-11-. The van der Waals surface area contributed by atoms with E-state index in [2.05, 4.69) is 101 Å². The molecule has 0 saturated carbocycles. The quantitative estimate of drug-likeness (QED) is 0.252. The number of carbonyl (C=O) groups is 1. The molecule has 7 heteroatoms. The van der Waals surface area contributed by atoms with E-state index in [0.717, 1.165) is 47.8 Å². The van der Waals surface area contributed by atoms with Crippen molar-refractivity contribution in [2.24, 2.45) is 0 Å². The molecule has 0 atom stereocenters. The Labute approximate surface area is 235 Å². The third kappa shape index (κ3) is 8.36. The van der Waals surface area contributed by atoms with Crippen LogP contribution in [-0.4, -0.2) is 36.6 Å². The molecular formula is C32H47BN2O4. The van der Waals surface area contributed by atoms with Gasteiger partial charge in [-0.1, -0.05) is 49.4 Å². The first-order valence-corrected chi connectivity index (χ1v) is 14.2. The Hall–Kier alpha value is -2.77. The van der Waals surface area contributed by atoms with E-state index < -0.39 is 5.60 Å². The molecule has 1 aliphatic rings. The van der Waals surface area contributed by atoms with Gasteiger partial charge in [-0.25, -0.2) is 4.79 Å². The SMILES string of the molecule is C/C=C(\N/C(=C/CC)CCCCNC(=O)OC(C)(C)C)c1ccc2cc(B3OC(C)(C)C(C)(C)O3)ccc2c1. The Bertz CT molecular complexity index is 1190. The molecule has 2 aromatic carbocycles. The van der Waals surface area contributed by atoms with E-state index in [1.807, 2.05) is 20.8 Å². The van der Waals surface area contributed by atoms with Crippen molar-refractivity contribution in [2.75, 3.05) is 6.54 Å². The molecule has 1 saturated heterocycles. The first-order chi connectivity index (χ1) is 18.2. The van der Waals surface area contributed by atoms with E-state index in [9.17, 15) is 4.79 Å². The fourth-order valence-electron chi connectivity index (χ4n) is 4.45. The number of rotatable bonds is 10. The van der Waals surface area contributed by atoms with Crippen LogP contribution in [0.4, 0.5) is 4.79 Å². The summed E-state index contributed by atoms with van der Waals surface area (Å²) in [6.45, 7) is 18.7. The van der Waals surface area contributed by atoms with Crippen molar-refractivity contribution >= 4 is 35.1 Å². The molecule has 1 fully saturated rings. The van der Waals surface area contributed by atoms with Crippen LogP contribution in [0, 0.1) is 0 Å². The van der Waals surface area contributed by atoms with Crippen LogP contribution in [0.1, 0.15) is 93.6 Å². The van der Waals surface area contributed by atoms with E-state index in [4.69, 9.17) is 14.0 Å². The van der Waals surface area contributed by atoms with Gasteiger partial charge in [0.05, 0.1) is 11.2 Å². The molecule has 6 nitrogen and oxygen atoms in total. The van der Waals surface area contributed by atoms with Gasteiger partial charge in [-0.2, -0.15) is 0 Å². The van der Waals surface area contributed by atoms with Crippen molar-refractivity contribution in [3.8, 4) is 0 Å². The van der Waals surface area contributed by atoms with E-state index >= 15 is 0 Å². The molecule has 0 radical (unpaired) electrons. The van der Waals surface area contributed by atoms with Gasteiger partial charge < -0.3 is 24.7 Å². The van der Waals surface area contributed by atoms with Gasteiger partial charge in [0.15, 0.2) is 0 Å². The van der Waals surface area contributed by atoms with Crippen molar-refractivity contribution in [1.82, 2.24) is 10.6 Å². The monoisotopic (exact) mass is 534 g/mol. The molecule has 0 bridgehead atoms. The van der Waals surface area contributed by atoms with Gasteiger partial charge in [0.25, 0.3) is 0 Å². The number of unbranched alkanes of at least 4 members (excludes halogenated alkanes) is 1. The molecular weight excluding hydrogens is 487 g/mol. The minimum absolute atomic E-state index is 0.360. The molecule has 1 aliphatic heterocycles. The molecule has 2 N–H and O–H groups in total. The lowest BCUT2D eigenvalue weighted by Crippen LogP contribution is -2.41. The summed E-state index contributed by atoms with van der Waals surface area (Å²) in [7, 11) is -0.368. The Balaban J connectivity index is 1.62. The average Bonchev–Trinajstić information content (AvgIpc) is 3.07. The summed E-state index contributed by atoms with van der Waals surface area (Å²) >= 11 is 0. The largest absolute Gasteiger partial charge is 0.494 e. The third-order valence-corrected chi connectivity index (χ3v) is 7.28. The van der Waals surface area contributed by atoms with Crippen molar-refractivity contribution in [3.05, 3.63) is 59.8 Å². The summed E-state index contributed by atoms with van der Waals surface area (Å²) in [6, 6.07) is 13.0. The van der Waals surface area contributed by atoms with Crippen LogP contribution in [0.3, 0.4) is 0 Å². The maximum atomic E-state index is 11.9. The van der Waals surface area contributed by atoms with E-state index in [-0.39, 0.29) is 24.4 Å². The average molecular weight is 535 g/mol. The first-order valence-electron chi connectivity index (χ1n) is 14.2. The number of ether oxygens (including phenoxy) is 1. The van der Waals surface area contributed by atoms with Gasteiger partial charge in [0, 0.05) is 17.9 Å². The van der Waals surface area contributed by atoms with Crippen molar-refractivity contribution in [2.45, 2.75) is 105 Å². The minimum Gasteiger partial charge on any atom is -0.444 e. The Morgan fingerprint density at radius 2 is 1.64 bits per heavy atom. The van der Waals surface area contributed by atoms with E-state index in [1.165, 1.54) is 11.1 Å². The number of hydrogen-bond acceptors (Lipinski definition) is 5.